The normalized spacial score (nSPS) is 27.8. The predicted molar refractivity (Wildman–Crippen MR) is 68.2 cm³/mol. The van der Waals surface area contributed by atoms with E-state index in [1.54, 1.807) is 4.90 Å². The molecule has 0 aromatic heterocycles. The van der Waals surface area contributed by atoms with Gasteiger partial charge in [-0.05, 0) is 34.6 Å². The number of ether oxygens (including phenoxy) is 1. The molecule has 0 saturated carbocycles. The molecular formula is C12H13BrN2O2. The van der Waals surface area contributed by atoms with E-state index in [-0.39, 0.29) is 11.7 Å². The van der Waals surface area contributed by atoms with Gasteiger partial charge in [0.1, 0.15) is 5.60 Å². The molecule has 1 aromatic rings. The molecule has 1 spiro atoms. The maximum Gasteiger partial charge on any atom is 0.415 e. The first-order chi connectivity index (χ1) is 8.20. The van der Waals surface area contributed by atoms with Crippen LogP contribution in [0.1, 0.15) is 6.42 Å². The number of nitrogens with one attached hydrogen (secondary N) is 1. The molecule has 1 amide bonds. The lowest BCUT2D eigenvalue weighted by Crippen LogP contribution is -2.36. The molecule has 2 fully saturated rings. The van der Waals surface area contributed by atoms with Gasteiger partial charge in [-0.25, -0.2) is 4.79 Å². The molecule has 90 valence electrons. The lowest BCUT2D eigenvalue weighted by atomic mass is 10.0. The minimum Gasteiger partial charge on any atom is -0.439 e. The highest BCUT2D eigenvalue weighted by atomic mass is 79.9. The van der Waals surface area contributed by atoms with Crippen molar-refractivity contribution in [1.82, 2.24) is 5.32 Å². The van der Waals surface area contributed by atoms with E-state index in [0.29, 0.717) is 6.54 Å². The Morgan fingerprint density at radius 2 is 2.24 bits per heavy atom. The Labute approximate surface area is 108 Å². The number of nitrogens with zero attached hydrogens (tertiary/aromatic N) is 1. The Balaban J connectivity index is 1.90. The zero-order valence-corrected chi connectivity index (χ0v) is 10.9. The number of hydrogen-bond acceptors (Lipinski definition) is 3. The van der Waals surface area contributed by atoms with Gasteiger partial charge in [-0.3, -0.25) is 4.90 Å². The summed E-state index contributed by atoms with van der Waals surface area (Å²) in [5, 5.41) is 3.25. The van der Waals surface area contributed by atoms with Crippen molar-refractivity contribution in [3.63, 3.8) is 0 Å². The third kappa shape index (κ3) is 1.83. The van der Waals surface area contributed by atoms with Gasteiger partial charge < -0.3 is 10.1 Å². The molecule has 4 nitrogen and oxygen atoms in total. The number of carbonyl (C=O) groups is 1. The van der Waals surface area contributed by atoms with Crippen LogP contribution >= 0.6 is 15.9 Å². The maximum absolute atomic E-state index is 11.9. The van der Waals surface area contributed by atoms with Gasteiger partial charge in [0.2, 0.25) is 0 Å². The second kappa shape index (κ2) is 3.99. The molecular weight excluding hydrogens is 284 g/mol. The third-order valence-corrected chi connectivity index (χ3v) is 3.99. The highest BCUT2D eigenvalue weighted by Crippen LogP contribution is 2.35. The number of anilines is 1. The summed E-state index contributed by atoms with van der Waals surface area (Å²) in [6.45, 7) is 2.29. The van der Waals surface area contributed by atoms with Crippen LogP contribution in [0.2, 0.25) is 0 Å². The number of halogens is 1. The first-order valence-corrected chi connectivity index (χ1v) is 6.45. The quantitative estimate of drug-likeness (QED) is 0.863. The van der Waals surface area contributed by atoms with Crippen molar-refractivity contribution in [2.45, 2.75) is 12.0 Å². The van der Waals surface area contributed by atoms with Crippen LogP contribution in [0.5, 0.6) is 0 Å². The van der Waals surface area contributed by atoms with E-state index in [0.717, 1.165) is 29.7 Å². The van der Waals surface area contributed by atoms with E-state index < -0.39 is 0 Å². The van der Waals surface area contributed by atoms with Crippen molar-refractivity contribution >= 4 is 27.7 Å². The monoisotopic (exact) mass is 296 g/mol. The number of rotatable bonds is 1. The number of para-hydroxylation sites is 1. The van der Waals surface area contributed by atoms with Crippen LogP contribution in [0.15, 0.2) is 28.7 Å². The highest BCUT2D eigenvalue weighted by molar-refractivity contribution is 9.10. The fourth-order valence-corrected chi connectivity index (χ4v) is 2.92. The van der Waals surface area contributed by atoms with E-state index in [1.807, 2.05) is 24.3 Å². The molecule has 2 saturated heterocycles. The summed E-state index contributed by atoms with van der Waals surface area (Å²) in [5.74, 6) is 0. The Hall–Kier alpha value is -1.07. The van der Waals surface area contributed by atoms with Crippen molar-refractivity contribution in [2.24, 2.45) is 0 Å². The van der Waals surface area contributed by atoms with E-state index in [1.165, 1.54) is 0 Å². The van der Waals surface area contributed by atoms with E-state index in [9.17, 15) is 4.79 Å². The van der Waals surface area contributed by atoms with Gasteiger partial charge in [0, 0.05) is 17.4 Å². The summed E-state index contributed by atoms with van der Waals surface area (Å²) in [5.41, 5.74) is 0.549. The van der Waals surface area contributed by atoms with Gasteiger partial charge in [-0.2, -0.15) is 0 Å². The van der Waals surface area contributed by atoms with Crippen molar-refractivity contribution < 1.29 is 9.53 Å². The molecule has 2 aliphatic rings. The third-order valence-electron chi connectivity index (χ3n) is 3.32. The van der Waals surface area contributed by atoms with Crippen molar-refractivity contribution in [3.05, 3.63) is 28.7 Å². The van der Waals surface area contributed by atoms with Crippen LogP contribution in [-0.2, 0) is 4.74 Å². The number of amides is 1. The molecule has 1 aromatic carbocycles. The average Bonchev–Trinajstić information content (AvgIpc) is 2.88. The van der Waals surface area contributed by atoms with Gasteiger partial charge in [0.05, 0.1) is 12.2 Å². The van der Waals surface area contributed by atoms with Crippen molar-refractivity contribution in [2.75, 3.05) is 24.5 Å². The van der Waals surface area contributed by atoms with E-state index >= 15 is 0 Å². The topological polar surface area (TPSA) is 41.6 Å². The first kappa shape index (κ1) is 11.0. The molecule has 3 rings (SSSR count). The Kier molecular flexibility index (Phi) is 2.60. The minimum absolute atomic E-state index is 0.249. The summed E-state index contributed by atoms with van der Waals surface area (Å²) in [7, 11) is 0. The average molecular weight is 297 g/mol. The van der Waals surface area contributed by atoms with E-state index in [4.69, 9.17) is 4.74 Å². The molecule has 1 atom stereocenters. The molecule has 5 heteroatoms. The van der Waals surface area contributed by atoms with Crippen LogP contribution in [0.4, 0.5) is 10.5 Å². The number of benzene rings is 1. The molecule has 17 heavy (non-hydrogen) atoms. The van der Waals surface area contributed by atoms with E-state index in [2.05, 4.69) is 21.2 Å². The first-order valence-electron chi connectivity index (χ1n) is 5.66. The molecule has 1 unspecified atom stereocenters. The van der Waals surface area contributed by atoms with Gasteiger partial charge in [-0.15, -0.1) is 0 Å². The number of carbonyl (C=O) groups excluding carboxylic acids is 1. The Morgan fingerprint density at radius 1 is 1.41 bits per heavy atom. The SMILES string of the molecule is O=C1OC2(CCNC2)CN1c1ccccc1Br. The Bertz CT molecular complexity index is 458. The fraction of sp³-hybridized carbons (Fsp3) is 0.417. The lowest BCUT2D eigenvalue weighted by molar-refractivity contribution is 0.0733. The second-order valence-electron chi connectivity index (χ2n) is 4.52. The van der Waals surface area contributed by atoms with Crippen molar-refractivity contribution in [3.8, 4) is 0 Å². The van der Waals surface area contributed by atoms with Crippen LogP contribution in [0.3, 0.4) is 0 Å². The summed E-state index contributed by atoms with van der Waals surface area (Å²) >= 11 is 3.47. The van der Waals surface area contributed by atoms with Gasteiger partial charge in [-0.1, -0.05) is 12.1 Å². The van der Waals surface area contributed by atoms with Crippen LogP contribution in [0, 0.1) is 0 Å². The second-order valence-corrected chi connectivity index (χ2v) is 5.37. The molecule has 1 N–H and O–H groups in total. The van der Waals surface area contributed by atoms with Gasteiger partial charge in [0.25, 0.3) is 0 Å². The minimum atomic E-state index is -0.327. The van der Waals surface area contributed by atoms with Gasteiger partial charge >= 0.3 is 6.09 Å². The van der Waals surface area contributed by atoms with Gasteiger partial charge in [0.15, 0.2) is 0 Å². The standard InChI is InChI=1S/C12H13BrN2O2/c13-9-3-1-2-4-10(9)15-8-12(17-11(15)16)5-6-14-7-12/h1-4,14H,5-8H2. The molecule has 0 bridgehead atoms. The zero-order valence-electron chi connectivity index (χ0n) is 9.28. The summed E-state index contributed by atoms with van der Waals surface area (Å²) < 4.78 is 6.45. The summed E-state index contributed by atoms with van der Waals surface area (Å²) in [4.78, 5) is 13.6. The molecule has 2 heterocycles. The largest absolute Gasteiger partial charge is 0.439 e. The van der Waals surface area contributed by atoms with Crippen LogP contribution < -0.4 is 10.2 Å². The number of hydrogen-bond donors (Lipinski definition) is 1. The lowest BCUT2D eigenvalue weighted by Gasteiger charge is -2.19. The smallest absolute Gasteiger partial charge is 0.415 e. The van der Waals surface area contributed by atoms with Crippen LogP contribution in [-0.4, -0.2) is 31.3 Å². The fourth-order valence-electron chi connectivity index (χ4n) is 2.42. The van der Waals surface area contributed by atoms with Crippen LogP contribution in [0.25, 0.3) is 0 Å². The molecule has 0 radical (unpaired) electrons. The molecule has 2 aliphatic heterocycles. The maximum atomic E-state index is 11.9. The van der Waals surface area contributed by atoms with Crippen molar-refractivity contribution in [1.29, 1.82) is 0 Å². The summed E-state index contributed by atoms with van der Waals surface area (Å²) in [6.07, 6.45) is 0.639. The Morgan fingerprint density at radius 3 is 2.94 bits per heavy atom. The zero-order chi connectivity index (χ0) is 11.9. The molecule has 0 aliphatic carbocycles. The summed E-state index contributed by atoms with van der Waals surface area (Å²) in [6, 6.07) is 7.71. The predicted octanol–water partition coefficient (Wildman–Crippen LogP) is 2.14. The highest BCUT2D eigenvalue weighted by Gasteiger charge is 2.47.